The van der Waals surface area contributed by atoms with Gasteiger partial charge in [-0.3, -0.25) is 4.79 Å². The maximum Gasteiger partial charge on any atom is 0.326 e. The van der Waals surface area contributed by atoms with Crippen LogP contribution in [0.5, 0.6) is 5.75 Å². The normalized spacial score (nSPS) is 21.3. The molecule has 1 saturated heterocycles. The SMILES string of the molecule is COc1ccc(CCC(=O)N2CC(O)C[C@H]2C(=O)O)cc1. The fourth-order valence-electron chi connectivity index (χ4n) is 2.51. The number of ether oxygens (including phenoxy) is 1. The zero-order chi connectivity index (χ0) is 15.4. The van der Waals surface area contributed by atoms with Crippen molar-refractivity contribution in [2.75, 3.05) is 13.7 Å². The number of hydrogen-bond acceptors (Lipinski definition) is 4. The lowest BCUT2D eigenvalue weighted by Crippen LogP contribution is -2.40. The Kier molecular flexibility index (Phi) is 4.80. The lowest BCUT2D eigenvalue weighted by Gasteiger charge is -2.21. The molecule has 2 N–H and O–H groups in total. The van der Waals surface area contributed by atoms with Gasteiger partial charge in [0.15, 0.2) is 0 Å². The number of benzene rings is 1. The molecule has 0 bridgehead atoms. The van der Waals surface area contributed by atoms with Gasteiger partial charge < -0.3 is 19.8 Å². The Balaban J connectivity index is 1.92. The largest absolute Gasteiger partial charge is 0.497 e. The molecule has 1 aromatic carbocycles. The summed E-state index contributed by atoms with van der Waals surface area (Å²) in [6, 6.07) is 6.47. The van der Waals surface area contributed by atoms with Gasteiger partial charge in [-0.15, -0.1) is 0 Å². The molecule has 0 radical (unpaired) electrons. The third kappa shape index (κ3) is 3.72. The van der Waals surface area contributed by atoms with E-state index in [1.165, 1.54) is 4.90 Å². The molecule has 1 heterocycles. The van der Waals surface area contributed by atoms with Crippen LogP contribution >= 0.6 is 0 Å². The van der Waals surface area contributed by atoms with Gasteiger partial charge in [-0.05, 0) is 24.1 Å². The number of aliphatic carboxylic acids is 1. The highest BCUT2D eigenvalue weighted by atomic mass is 16.5. The molecule has 6 nitrogen and oxygen atoms in total. The van der Waals surface area contributed by atoms with E-state index < -0.39 is 18.1 Å². The number of nitrogens with zero attached hydrogens (tertiary/aromatic N) is 1. The van der Waals surface area contributed by atoms with Crippen LogP contribution in [-0.2, 0) is 16.0 Å². The lowest BCUT2D eigenvalue weighted by molar-refractivity contribution is -0.148. The van der Waals surface area contributed by atoms with Gasteiger partial charge in [-0.2, -0.15) is 0 Å². The summed E-state index contributed by atoms with van der Waals surface area (Å²) in [6.45, 7) is 0.0956. The number of aryl methyl sites for hydroxylation is 1. The Hall–Kier alpha value is -2.08. The van der Waals surface area contributed by atoms with Gasteiger partial charge in [-0.25, -0.2) is 4.79 Å². The van der Waals surface area contributed by atoms with Crippen molar-refractivity contribution >= 4 is 11.9 Å². The Morgan fingerprint density at radius 3 is 2.57 bits per heavy atom. The van der Waals surface area contributed by atoms with E-state index in [1.807, 2.05) is 24.3 Å². The third-order valence-electron chi connectivity index (χ3n) is 3.67. The number of carboxylic acid groups (broad SMARTS) is 1. The molecule has 1 aliphatic heterocycles. The van der Waals surface area contributed by atoms with Crippen molar-refractivity contribution in [1.82, 2.24) is 4.90 Å². The van der Waals surface area contributed by atoms with E-state index >= 15 is 0 Å². The van der Waals surface area contributed by atoms with Crippen LogP contribution in [0.15, 0.2) is 24.3 Å². The number of likely N-dealkylation sites (tertiary alicyclic amines) is 1. The predicted octanol–water partition coefficient (Wildman–Crippen LogP) is 0.674. The van der Waals surface area contributed by atoms with E-state index in [1.54, 1.807) is 7.11 Å². The Labute approximate surface area is 122 Å². The molecule has 1 aliphatic rings. The van der Waals surface area contributed by atoms with Crippen molar-refractivity contribution in [2.45, 2.75) is 31.4 Å². The lowest BCUT2D eigenvalue weighted by atomic mass is 10.1. The van der Waals surface area contributed by atoms with Gasteiger partial charge >= 0.3 is 5.97 Å². The zero-order valence-electron chi connectivity index (χ0n) is 11.9. The molecule has 21 heavy (non-hydrogen) atoms. The minimum absolute atomic E-state index is 0.0956. The van der Waals surface area contributed by atoms with Gasteiger partial charge in [0.05, 0.1) is 13.2 Å². The van der Waals surface area contributed by atoms with Gasteiger partial charge in [0, 0.05) is 19.4 Å². The van der Waals surface area contributed by atoms with Crippen LogP contribution in [0, 0.1) is 0 Å². The first-order chi connectivity index (χ1) is 10.0. The summed E-state index contributed by atoms with van der Waals surface area (Å²) < 4.78 is 5.06. The minimum Gasteiger partial charge on any atom is -0.497 e. The van der Waals surface area contributed by atoms with Crippen LogP contribution in [-0.4, -0.2) is 52.8 Å². The van der Waals surface area contributed by atoms with E-state index in [4.69, 9.17) is 9.84 Å². The summed E-state index contributed by atoms with van der Waals surface area (Å²) in [5.74, 6) is -0.558. The van der Waals surface area contributed by atoms with Crippen LogP contribution in [0.4, 0.5) is 0 Å². The highest BCUT2D eigenvalue weighted by molar-refractivity contribution is 5.84. The maximum atomic E-state index is 12.1. The number of aliphatic hydroxyl groups is 1. The Bertz CT molecular complexity index is 513. The maximum absolute atomic E-state index is 12.1. The third-order valence-corrected chi connectivity index (χ3v) is 3.67. The molecular weight excluding hydrogens is 274 g/mol. The molecule has 0 saturated carbocycles. The average Bonchev–Trinajstić information content (AvgIpc) is 2.87. The van der Waals surface area contributed by atoms with E-state index in [2.05, 4.69) is 0 Å². The molecule has 114 valence electrons. The van der Waals surface area contributed by atoms with Gasteiger partial charge in [0.2, 0.25) is 5.91 Å². The first-order valence-electron chi connectivity index (χ1n) is 6.84. The number of rotatable bonds is 5. The van der Waals surface area contributed by atoms with E-state index in [9.17, 15) is 14.7 Å². The second-order valence-electron chi connectivity index (χ2n) is 5.14. The second kappa shape index (κ2) is 6.58. The Morgan fingerprint density at radius 1 is 1.33 bits per heavy atom. The second-order valence-corrected chi connectivity index (χ2v) is 5.14. The van der Waals surface area contributed by atoms with Gasteiger partial charge in [0.1, 0.15) is 11.8 Å². The monoisotopic (exact) mass is 293 g/mol. The smallest absolute Gasteiger partial charge is 0.326 e. The fourth-order valence-corrected chi connectivity index (χ4v) is 2.51. The van der Waals surface area contributed by atoms with Crippen molar-refractivity contribution in [3.8, 4) is 5.75 Å². The molecule has 1 fully saturated rings. The van der Waals surface area contributed by atoms with Crippen molar-refractivity contribution in [1.29, 1.82) is 0 Å². The van der Waals surface area contributed by atoms with E-state index in [-0.39, 0.29) is 25.3 Å². The number of amides is 1. The highest BCUT2D eigenvalue weighted by Gasteiger charge is 2.38. The van der Waals surface area contributed by atoms with Crippen LogP contribution in [0.25, 0.3) is 0 Å². The zero-order valence-corrected chi connectivity index (χ0v) is 11.9. The minimum atomic E-state index is -1.07. The van der Waals surface area contributed by atoms with Crippen molar-refractivity contribution in [3.63, 3.8) is 0 Å². The number of hydrogen-bond donors (Lipinski definition) is 2. The standard InChI is InChI=1S/C15H19NO5/c1-21-12-5-2-10(3-6-12)4-7-14(18)16-9-11(17)8-13(16)15(19)20/h2-3,5-6,11,13,17H,4,7-9H2,1H3,(H,19,20)/t11?,13-/m0/s1. The highest BCUT2D eigenvalue weighted by Crippen LogP contribution is 2.20. The topological polar surface area (TPSA) is 87.1 Å². The molecule has 1 aromatic rings. The first-order valence-corrected chi connectivity index (χ1v) is 6.84. The quantitative estimate of drug-likeness (QED) is 0.833. The molecule has 2 atom stereocenters. The van der Waals surface area contributed by atoms with Gasteiger partial charge in [-0.1, -0.05) is 12.1 Å². The van der Waals surface area contributed by atoms with Crippen LogP contribution in [0.2, 0.25) is 0 Å². The average molecular weight is 293 g/mol. The molecule has 6 heteroatoms. The van der Waals surface area contributed by atoms with Crippen molar-refractivity contribution < 1.29 is 24.5 Å². The van der Waals surface area contributed by atoms with Crippen molar-refractivity contribution in [3.05, 3.63) is 29.8 Å². The number of carbonyl (C=O) groups is 2. The molecule has 0 aliphatic carbocycles. The first kappa shape index (κ1) is 15.3. The molecule has 0 aromatic heterocycles. The van der Waals surface area contributed by atoms with Gasteiger partial charge in [0.25, 0.3) is 0 Å². The van der Waals surface area contributed by atoms with E-state index in [0.29, 0.717) is 6.42 Å². The summed E-state index contributed by atoms with van der Waals surface area (Å²) in [4.78, 5) is 24.5. The summed E-state index contributed by atoms with van der Waals surface area (Å²) in [5.41, 5.74) is 0.982. The Morgan fingerprint density at radius 2 is 2.00 bits per heavy atom. The summed E-state index contributed by atoms with van der Waals surface area (Å²) in [6.07, 6.45) is 0.102. The van der Waals surface area contributed by atoms with Crippen LogP contribution < -0.4 is 4.74 Å². The summed E-state index contributed by atoms with van der Waals surface area (Å²) >= 11 is 0. The molecule has 2 rings (SSSR count). The number of carboxylic acids is 1. The molecule has 1 amide bonds. The number of carbonyl (C=O) groups excluding carboxylic acids is 1. The number of methoxy groups -OCH3 is 1. The number of aliphatic hydroxyl groups excluding tert-OH is 1. The number of β-amino-alcohol motifs (C(OH)–C–C–N with tert-alkyl or cyclic N) is 1. The summed E-state index contributed by atoms with van der Waals surface area (Å²) in [5, 5.41) is 18.6. The van der Waals surface area contributed by atoms with Crippen molar-refractivity contribution in [2.24, 2.45) is 0 Å². The van der Waals surface area contributed by atoms with E-state index in [0.717, 1.165) is 11.3 Å². The molecular formula is C15H19NO5. The summed E-state index contributed by atoms with van der Waals surface area (Å²) in [7, 11) is 1.59. The van der Waals surface area contributed by atoms with Crippen LogP contribution in [0.1, 0.15) is 18.4 Å². The van der Waals surface area contributed by atoms with Crippen LogP contribution in [0.3, 0.4) is 0 Å². The fraction of sp³-hybridized carbons (Fsp3) is 0.467. The molecule has 0 spiro atoms. The molecule has 1 unspecified atom stereocenters. The predicted molar refractivity (Wildman–Crippen MR) is 75.1 cm³/mol.